The predicted octanol–water partition coefficient (Wildman–Crippen LogP) is 1.10. The molecule has 0 spiro atoms. The zero-order chi connectivity index (χ0) is 10.9. The summed E-state index contributed by atoms with van der Waals surface area (Å²) in [5.41, 5.74) is 0.527. The number of methoxy groups -OCH3 is 1. The number of nitrogens with zero attached hydrogens (tertiary/aromatic N) is 1. The SMILES string of the molecule is COC1CNC(CN2CCC(C)(C)C2)C1. The van der Waals surface area contributed by atoms with E-state index >= 15 is 0 Å². The van der Waals surface area contributed by atoms with Crippen molar-refractivity contribution in [2.24, 2.45) is 5.41 Å². The maximum absolute atomic E-state index is 5.37. The van der Waals surface area contributed by atoms with Crippen LogP contribution in [0.25, 0.3) is 0 Å². The number of rotatable bonds is 3. The highest BCUT2D eigenvalue weighted by atomic mass is 16.5. The van der Waals surface area contributed by atoms with Crippen molar-refractivity contribution in [3.8, 4) is 0 Å². The summed E-state index contributed by atoms with van der Waals surface area (Å²) >= 11 is 0. The van der Waals surface area contributed by atoms with E-state index in [-0.39, 0.29) is 0 Å². The van der Waals surface area contributed by atoms with Gasteiger partial charge in [0.2, 0.25) is 0 Å². The second-order valence-corrected chi connectivity index (χ2v) is 5.85. The molecule has 0 saturated carbocycles. The summed E-state index contributed by atoms with van der Waals surface area (Å²) in [6, 6.07) is 0.642. The Bertz CT molecular complexity index is 218. The third kappa shape index (κ3) is 2.92. The monoisotopic (exact) mass is 212 g/mol. The van der Waals surface area contributed by atoms with Crippen molar-refractivity contribution in [3.63, 3.8) is 0 Å². The van der Waals surface area contributed by atoms with Crippen molar-refractivity contribution in [2.45, 2.75) is 38.8 Å². The zero-order valence-corrected chi connectivity index (χ0v) is 10.3. The number of hydrogen-bond donors (Lipinski definition) is 1. The maximum Gasteiger partial charge on any atom is 0.0711 e. The van der Waals surface area contributed by atoms with Crippen LogP contribution in [-0.4, -0.2) is 50.3 Å². The third-order valence-electron chi connectivity index (χ3n) is 3.75. The van der Waals surface area contributed by atoms with Gasteiger partial charge in [0.15, 0.2) is 0 Å². The maximum atomic E-state index is 5.37. The molecule has 88 valence electrons. The molecule has 2 fully saturated rings. The largest absolute Gasteiger partial charge is 0.380 e. The fourth-order valence-electron chi connectivity index (χ4n) is 2.79. The third-order valence-corrected chi connectivity index (χ3v) is 3.75. The molecule has 3 nitrogen and oxygen atoms in total. The molecule has 0 aromatic heterocycles. The predicted molar refractivity (Wildman–Crippen MR) is 62.0 cm³/mol. The van der Waals surface area contributed by atoms with Crippen LogP contribution < -0.4 is 5.32 Å². The van der Waals surface area contributed by atoms with Crippen molar-refractivity contribution in [1.82, 2.24) is 10.2 Å². The summed E-state index contributed by atoms with van der Waals surface area (Å²) in [5, 5.41) is 3.55. The van der Waals surface area contributed by atoms with Crippen LogP contribution in [0.1, 0.15) is 26.7 Å². The van der Waals surface area contributed by atoms with Crippen LogP contribution in [0.3, 0.4) is 0 Å². The lowest BCUT2D eigenvalue weighted by Gasteiger charge is -2.22. The molecular weight excluding hydrogens is 188 g/mol. The topological polar surface area (TPSA) is 24.5 Å². The number of nitrogens with one attached hydrogen (secondary N) is 1. The van der Waals surface area contributed by atoms with Gasteiger partial charge in [0.1, 0.15) is 0 Å². The molecule has 1 N–H and O–H groups in total. The minimum atomic E-state index is 0.436. The van der Waals surface area contributed by atoms with E-state index in [0.717, 1.165) is 6.54 Å². The van der Waals surface area contributed by atoms with E-state index in [9.17, 15) is 0 Å². The van der Waals surface area contributed by atoms with Crippen LogP contribution in [0.2, 0.25) is 0 Å². The van der Waals surface area contributed by atoms with Crippen LogP contribution in [0.5, 0.6) is 0 Å². The second-order valence-electron chi connectivity index (χ2n) is 5.85. The summed E-state index contributed by atoms with van der Waals surface area (Å²) in [7, 11) is 1.81. The first-order valence-corrected chi connectivity index (χ1v) is 6.07. The summed E-state index contributed by atoms with van der Waals surface area (Å²) in [4.78, 5) is 2.59. The highest BCUT2D eigenvalue weighted by Crippen LogP contribution is 2.29. The molecule has 0 aromatic carbocycles. The van der Waals surface area contributed by atoms with Gasteiger partial charge in [0, 0.05) is 32.8 Å². The van der Waals surface area contributed by atoms with Gasteiger partial charge in [-0.15, -0.1) is 0 Å². The van der Waals surface area contributed by atoms with Crippen molar-refractivity contribution < 1.29 is 4.74 Å². The first kappa shape index (κ1) is 11.4. The van der Waals surface area contributed by atoms with Gasteiger partial charge in [-0.05, 0) is 24.8 Å². The van der Waals surface area contributed by atoms with E-state index in [4.69, 9.17) is 4.74 Å². The Labute approximate surface area is 93.2 Å². The molecule has 0 radical (unpaired) electrons. The Morgan fingerprint density at radius 3 is 2.80 bits per heavy atom. The zero-order valence-electron chi connectivity index (χ0n) is 10.3. The van der Waals surface area contributed by atoms with Gasteiger partial charge in [-0.25, -0.2) is 0 Å². The minimum absolute atomic E-state index is 0.436. The van der Waals surface area contributed by atoms with Gasteiger partial charge < -0.3 is 15.0 Å². The lowest BCUT2D eigenvalue weighted by Crippen LogP contribution is -2.36. The number of likely N-dealkylation sites (tertiary alicyclic amines) is 1. The second kappa shape index (κ2) is 4.40. The summed E-state index contributed by atoms with van der Waals surface area (Å²) in [6.07, 6.45) is 2.95. The molecule has 15 heavy (non-hydrogen) atoms. The lowest BCUT2D eigenvalue weighted by atomic mass is 9.93. The van der Waals surface area contributed by atoms with Gasteiger partial charge in [0.25, 0.3) is 0 Å². The fourth-order valence-corrected chi connectivity index (χ4v) is 2.79. The number of ether oxygens (including phenoxy) is 1. The Morgan fingerprint density at radius 2 is 2.27 bits per heavy atom. The standard InChI is InChI=1S/C12H24N2O/c1-12(2)4-5-14(9-12)8-10-6-11(15-3)7-13-10/h10-11,13H,4-9H2,1-3H3. The average Bonchev–Trinajstić information content (AvgIpc) is 2.73. The molecule has 0 aromatic rings. The van der Waals surface area contributed by atoms with Crippen molar-refractivity contribution in [3.05, 3.63) is 0 Å². The Kier molecular flexibility index (Phi) is 3.33. The lowest BCUT2D eigenvalue weighted by molar-refractivity contribution is 0.116. The van der Waals surface area contributed by atoms with E-state index in [1.807, 2.05) is 7.11 Å². The van der Waals surface area contributed by atoms with E-state index < -0.39 is 0 Å². The fraction of sp³-hybridized carbons (Fsp3) is 1.00. The summed E-state index contributed by atoms with van der Waals surface area (Å²) in [6.45, 7) is 9.48. The van der Waals surface area contributed by atoms with Crippen LogP contribution >= 0.6 is 0 Å². The van der Waals surface area contributed by atoms with E-state index in [0.29, 0.717) is 17.6 Å². The van der Waals surface area contributed by atoms with Crippen molar-refractivity contribution in [2.75, 3.05) is 33.3 Å². The van der Waals surface area contributed by atoms with E-state index in [1.165, 1.54) is 32.5 Å². The number of hydrogen-bond acceptors (Lipinski definition) is 3. The van der Waals surface area contributed by atoms with E-state index in [1.54, 1.807) is 0 Å². The Balaban J connectivity index is 1.74. The molecular formula is C12H24N2O. The first-order chi connectivity index (χ1) is 7.09. The molecule has 3 heteroatoms. The van der Waals surface area contributed by atoms with Gasteiger partial charge in [-0.1, -0.05) is 13.8 Å². The van der Waals surface area contributed by atoms with Crippen LogP contribution in [0.15, 0.2) is 0 Å². The normalized spacial score (nSPS) is 36.2. The van der Waals surface area contributed by atoms with Gasteiger partial charge in [-0.2, -0.15) is 0 Å². The Hall–Kier alpha value is -0.120. The highest BCUT2D eigenvalue weighted by molar-refractivity contribution is 4.89. The van der Waals surface area contributed by atoms with Gasteiger partial charge >= 0.3 is 0 Å². The van der Waals surface area contributed by atoms with Crippen LogP contribution in [0, 0.1) is 5.41 Å². The minimum Gasteiger partial charge on any atom is -0.380 e. The van der Waals surface area contributed by atoms with Crippen LogP contribution in [-0.2, 0) is 4.74 Å². The molecule has 2 heterocycles. The molecule has 2 aliphatic rings. The molecule has 0 aliphatic carbocycles. The first-order valence-electron chi connectivity index (χ1n) is 6.07. The van der Waals surface area contributed by atoms with Crippen molar-refractivity contribution >= 4 is 0 Å². The smallest absolute Gasteiger partial charge is 0.0711 e. The van der Waals surface area contributed by atoms with Gasteiger partial charge in [-0.3, -0.25) is 0 Å². The molecule has 2 rings (SSSR count). The molecule has 2 aliphatic heterocycles. The highest BCUT2D eigenvalue weighted by Gasteiger charge is 2.32. The quantitative estimate of drug-likeness (QED) is 0.758. The Morgan fingerprint density at radius 1 is 1.47 bits per heavy atom. The van der Waals surface area contributed by atoms with E-state index in [2.05, 4.69) is 24.1 Å². The average molecular weight is 212 g/mol. The molecule has 2 saturated heterocycles. The summed E-state index contributed by atoms with van der Waals surface area (Å²) < 4.78 is 5.37. The molecule has 0 amide bonds. The van der Waals surface area contributed by atoms with Gasteiger partial charge in [0.05, 0.1) is 6.10 Å². The van der Waals surface area contributed by atoms with Crippen molar-refractivity contribution in [1.29, 1.82) is 0 Å². The summed E-state index contributed by atoms with van der Waals surface area (Å²) in [5.74, 6) is 0. The molecule has 2 atom stereocenters. The van der Waals surface area contributed by atoms with Crippen LogP contribution in [0.4, 0.5) is 0 Å². The molecule has 2 unspecified atom stereocenters. The molecule has 0 bridgehead atoms.